The van der Waals surface area contributed by atoms with E-state index in [1.54, 1.807) is 54.5 Å². The number of aliphatic imine (C=N–C) groups is 1. The monoisotopic (exact) mass is 696 g/mol. The van der Waals surface area contributed by atoms with Crippen LogP contribution in [-0.2, 0) is 17.9 Å². The number of hydrogen-bond acceptors (Lipinski definition) is 6. The third kappa shape index (κ3) is 7.43. The Morgan fingerprint density at radius 2 is 1.70 bits per heavy atom. The third-order valence-corrected chi connectivity index (χ3v) is 8.79. The number of carbonyl (C=O) groups excluding carboxylic acids is 1. The number of aromatic carboxylic acids is 1. The molecule has 1 aliphatic rings. The van der Waals surface area contributed by atoms with Gasteiger partial charge in [-0.15, -0.1) is 0 Å². The fourth-order valence-electron chi connectivity index (χ4n) is 4.14. The third-order valence-electron chi connectivity index (χ3n) is 6.36. The van der Waals surface area contributed by atoms with Crippen LogP contribution in [0.4, 0.5) is 5.69 Å². The fourth-order valence-corrected chi connectivity index (χ4v) is 5.89. The number of para-hydroxylation sites is 1. The standard InChI is InChI=1S/C32H23BrCl2N2O5S/c1-41-27-14-22(24(33)16-28(27)42-18-20-9-12-25(34)26(35)13-20)15-29-30(38)37(17-19-7-10-21(11-8-19)31(39)40)32(43-29)36-23-5-3-2-4-6-23/h2-16H,17-18H2,1H3,(H,39,40)/b29-15-,36-32?. The van der Waals surface area contributed by atoms with Crippen LogP contribution in [0.15, 0.2) is 99.3 Å². The minimum absolute atomic E-state index is 0.174. The van der Waals surface area contributed by atoms with Gasteiger partial charge < -0.3 is 14.6 Å². The minimum atomic E-state index is -1.01. The van der Waals surface area contributed by atoms with Gasteiger partial charge in [-0.05, 0) is 83.1 Å². The average molecular weight is 698 g/mol. The molecule has 0 bridgehead atoms. The van der Waals surface area contributed by atoms with Gasteiger partial charge in [0.05, 0.1) is 39.9 Å². The lowest BCUT2D eigenvalue weighted by Gasteiger charge is -2.16. The molecule has 4 aromatic carbocycles. The molecular formula is C32H23BrCl2N2O5S. The van der Waals surface area contributed by atoms with Crippen LogP contribution in [-0.4, -0.2) is 34.2 Å². The number of halogens is 3. The van der Waals surface area contributed by atoms with Crippen molar-refractivity contribution in [2.24, 2.45) is 4.99 Å². The van der Waals surface area contributed by atoms with Crippen molar-refractivity contribution in [3.05, 3.63) is 127 Å². The second-order valence-corrected chi connectivity index (χ2v) is 12.0. The van der Waals surface area contributed by atoms with Crippen LogP contribution in [0.25, 0.3) is 6.08 Å². The van der Waals surface area contributed by atoms with Gasteiger partial charge in [-0.25, -0.2) is 9.79 Å². The predicted octanol–water partition coefficient (Wildman–Crippen LogP) is 8.85. The summed E-state index contributed by atoms with van der Waals surface area (Å²) in [6.45, 7) is 0.469. The summed E-state index contributed by atoms with van der Waals surface area (Å²) in [7, 11) is 1.55. The molecule has 1 N–H and O–H groups in total. The maximum atomic E-state index is 13.7. The van der Waals surface area contributed by atoms with Crippen molar-refractivity contribution in [2.45, 2.75) is 13.2 Å². The molecule has 218 valence electrons. The molecule has 1 heterocycles. The number of nitrogens with zero attached hydrogens (tertiary/aromatic N) is 2. The van der Waals surface area contributed by atoms with Crippen molar-refractivity contribution in [1.29, 1.82) is 0 Å². The number of thioether (sulfide) groups is 1. The van der Waals surface area contributed by atoms with E-state index in [0.29, 0.717) is 47.3 Å². The SMILES string of the molecule is COc1cc(/C=C2\SC(=Nc3ccccc3)N(Cc3ccc(C(=O)O)cc3)C2=O)c(Br)cc1OCc1ccc(Cl)c(Cl)c1. The molecule has 0 aromatic heterocycles. The van der Waals surface area contributed by atoms with E-state index in [4.69, 9.17) is 37.7 Å². The summed E-state index contributed by atoms with van der Waals surface area (Å²) in [5.74, 6) is -0.250. The molecule has 1 fully saturated rings. The topological polar surface area (TPSA) is 88.4 Å². The summed E-state index contributed by atoms with van der Waals surface area (Å²) >= 11 is 17.0. The van der Waals surface area contributed by atoms with Crippen LogP contribution in [0.1, 0.15) is 27.0 Å². The van der Waals surface area contributed by atoms with Crippen molar-refractivity contribution < 1.29 is 24.2 Å². The summed E-state index contributed by atoms with van der Waals surface area (Å²) in [5, 5.41) is 10.7. The van der Waals surface area contributed by atoms with Crippen molar-refractivity contribution in [1.82, 2.24) is 4.90 Å². The molecule has 5 rings (SSSR count). The number of amides is 1. The molecule has 7 nitrogen and oxygen atoms in total. The summed E-state index contributed by atoms with van der Waals surface area (Å²) in [6.07, 6.45) is 1.77. The highest BCUT2D eigenvalue weighted by Crippen LogP contribution is 2.39. The summed E-state index contributed by atoms with van der Waals surface area (Å²) in [6, 6.07) is 24.7. The van der Waals surface area contributed by atoms with E-state index in [9.17, 15) is 14.7 Å². The lowest BCUT2D eigenvalue weighted by Crippen LogP contribution is -2.28. The number of carbonyl (C=O) groups is 2. The molecule has 0 radical (unpaired) electrons. The quantitative estimate of drug-likeness (QED) is 0.176. The first-order valence-electron chi connectivity index (χ1n) is 12.8. The zero-order valence-electron chi connectivity index (χ0n) is 22.6. The number of amidine groups is 1. The number of hydrogen-bond donors (Lipinski definition) is 1. The smallest absolute Gasteiger partial charge is 0.335 e. The average Bonchev–Trinajstić information content (AvgIpc) is 3.28. The zero-order chi connectivity index (χ0) is 30.5. The first-order valence-corrected chi connectivity index (χ1v) is 15.2. The van der Waals surface area contributed by atoms with Gasteiger partial charge in [0.1, 0.15) is 6.61 Å². The van der Waals surface area contributed by atoms with Crippen molar-refractivity contribution in [2.75, 3.05) is 7.11 Å². The van der Waals surface area contributed by atoms with Crippen LogP contribution < -0.4 is 9.47 Å². The molecule has 0 saturated carbocycles. The Balaban J connectivity index is 1.43. The minimum Gasteiger partial charge on any atom is -0.493 e. The number of rotatable bonds is 9. The molecule has 11 heteroatoms. The predicted molar refractivity (Wildman–Crippen MR) is 175 cm³/mol. The highest BCUT2D eigenvalue weighted by molar-refractivity contribution is 9.10. The van der Waals surface area contributed by atoms with Crippen LogP contribution in [0, 0.1) is 0 Å². The Bertz CT molecular complexity index is 1750. The van der Waals surface area contributed by atoms with E-state index in [-0.39, 0.29) is 24.6 Å². The highest BCUT2D eigenvalue weighted by Gasteiger charge is 2.34. The zero-order valence-corrected chi connectivity index (χ0v) is 26.5. The molecule has 4 aromatic rings. The number of ether oxygens (including phenoxy) is 2. The van der Waals surface area contributed by atoms with Gasteiger partial charge in [-0.2, -0.15) is 0 Å². The fraction of sp³-hybridized carbons (Fsp3) is 0.0938. The second-order valence-electron chi connectivity index (χ2n) is 9.30. The van der Waals surface area contributed by atoms with Crippen LogP contribution in [0.2, 0.25) is 10.0 Å². The van der Waals surface area contributed by atoms with E-state index in [2.05, 4.69) is 15.9 Å². The van der Waals surface area contributed by atoms with Gasteiger partial charge in [0.25, 0.3) is 5.91 Å². The Labute approximate surface area is 270 Å². The Hall–Kier alpha value is -3.76. The maximum absolute atomic E-state index is 13.7. The molecule has 0 unspecified atom stereocenters. The highest BCUT2D eigenvalue weighted by atomic mass is 79.9. The Morgan fingerprint density at radius 3 is 2.37 bits per heavy atom. The van der Waals surface area contributed by atoms with E-state index in [1.807, 2.05) is 36.4 Å². The number of benzene rings is 4. The normalized spacial score (nSPS) is 14.9. The molecule has 43 heavy (non-hydrogen) atoms. The summed E-state index contributed by atoms with van der Waals surface area (Å²) in [4.78, 5) is 31.8. The number of carboxylic acids is 1. The van der Waals surface area contributed by atoms with E-state index in [1.165, 1.54) is 23.9 Å². The first kappa shape index (κ1) is 30.7. The summed E-state index contributed by atoms with van der Waals surface area (Å²) in [5.41, 5.74) is 3.20. The van der Waals surface area contributed by atoms with Gasteiger partial charge >= 0.3 is 5.97 Å². The van der Waals surface area contributed by atoms with Crippen LogP contribution >= 0.6 is 50.9 Å². The van der Waals surface area contributed by atoms with E-state index >= 15 is 0 Å². The Morgan fingerprint density at radius 1 is 0.977 bits per heavy atom. The lowest BCUT2D eigenvalue weighted by atomic mass is 10.1. The summed E-state index contributed by atoms with van der Waals surface area (Å²) < 4.78 is 12.3. The van der Waals surface area contributed by atoms with Crippen LogP contribution in [0.5, 0.6) is 11.5 Å². The van der Waals surface area contributed by atoms with Crippen LogP contribution in [0.3, 0.4) is 0 Å². The lowest BCUT2D eigenvalue weighted by molar-refractivity contribution is -0.122. The number of methoxy groups -OCH3 is 1. The van der Waals surface area contributed by atoms with Gasteiger partial charge in [0.15, 0.2) is 16.7 Å². The second kappa shape index (κ2) is 13.7. The van der Waals surface area contributed by atoms with Crippen molar-refractivity contribution in [3.63, 3.8) is 0 Å². The molecular weight excluding hydrogens is 675 g/mol. The van der Waals surface area contributed by atoms with Crippen molar-refractivity contribution in [3.8, 4) is 11.5 Å². The molecule has 0 atom stereocenters. The van der Waals surface area contributed by atoms with Gasteiger partial charge in [0, 0.05) is 4.47 Å². The first-order chi connectivity index (χ1) is 20.7. The largest absolute Gasteiger partial charge is 0.493 e. The molecule has 0 spiro atoms. The van der Waals surface area contributed by atoms with E-state index in [0.717, 1.165) is 11.1 Å². The van der Waals surface area contributed by atoms with Gasteiger partial charge in [-0.3, -0.25) is 9.69 Å². The Kier molecular flexibility index (Phi) is 9.77. The molecule has 1 amide bonds. The number of carboxylic acid groups (broad SMARTS) is 1. The molecule has 1 aliphatic heterocycles. The molecule has 1 saturated heterocycles. The van der Waals surface area contributed by atoms with Gasteiger partial charge in [-0.1, -0.05) is 75.5 Å². The van der Waals surface area contributed by atoms with E-state index < -0.39 is 5.97 Å². The van der Waals surface area contributed by atoms with Gasteiger partial charge in [0.2, 0.25) is 0 Å². The molecule has 0 aliphatic carbocycles. The van der Waals surface area contributed by atoms with Crippen molar-refractivity contribution >= 4 is 79.7 Å². The maximum Gasteiger partial charge on any atom is 0.335 e.